The summed E-state index contributed by atoms with van der Waals surface area (Å²) in [6.45, 7) is 3.74. The number of amidine groups is 1. The molecule has 1 aliphatic rings. The van der Waals surface area contributed by atoms with Crippen molar-refractivity contribution in [2.45, 2.75) is 43.8 Å². The Balaban J connectivity index is 1.58. The summed E-state index contributed by atoms with van der Waals surface area (Å²) in [7, 11) is -3.88. The Morgan fingerprint density at radius 2 is 1.71 bits per heavy atom. The molecule has 1 saturated heterocycles. The van der Waals surface area contributed by atoms with Gasteiger partial charge < -0.3 is 14.6 Å². The lowest BCUT2D eigenvalue weighted by Gasteiger charge is -2.39. The van der Waals surface area contributed by atoms with Crippen molar-refractivity contribution in [2.75, 3.05) is 6.61 Å². The third-order valence-corrected chi connectivity index (χ3v) is 7.72. The van der Waals surface area contributed by atoms with Crippen LogP contribution in [0, 0.1) is 0 Å². The fraction of sp³-hybridized carbons (Fsp3) is 0.296. The molecule has 35 heavy (non-hydrogen) atoms. The molecular weight excluding hydrogens is 464 g/mol. The average molecular weight is 495 g/mol. The first-order chi connectivity index (χ1) is 16.8. The topological polar surface area (TPSA) is 97.2 Å². The van der Waals surface area contributed by atoms with Gasteiger partial charge in [0.05, 0.1) is 6.04 Å². The second kappa shape index (κ2) is 10.5. The van der Waals surface area contributed by atoms with E-state index in [-0.39, 0.29) is 12.6 Å². The van der Waals surface area contributed by atoms with E-state index in [0.29, 0.717) is 24.3 Å². The molecule has 0 aromatic heterocycles. The Labute approximate surface area is 206 Å². The van der Waals surface area contributed by atoms with E-state index in [1.807, 2.05) is 60.7 Å². The van der Waals surface area contributed by atoms with Crippen molar-refractivity contribution in [1.29, 1.82) is 0 Å². The van der Waals surface area contributed by atoms with Gasteiger partial charge in [-0.2, -0.15) is 0 Å². The first-order valence-electron chi connectivity index (χ1n) is 11.5. The molecule has 184 valence electrons. The van der Waals surface area contributed by atoms with Crippen molar-refractivity contribution in [2.24, 2.45) is 4.99 Å². The molecule has 3 aromatic carbocycles. The Bertz CT molecular complexity index is 1260. The van der Waals surface area contributed by atoms with Crippen molar-refractivity contribution < 1.29 is 23.0 Å². The maximum Gasteiger partial charge on any atom is 0.299 e. The number of hydrogen-bond acceptors (Lipinski definition) is 6. The minimum Gasteiger partial charge on any atom is -0.489 e. The largest absolute Gasteiger partial charge is 0.489 e. The van der Waals surface area contributed by atoms with Crippen LogP contribution in [0.25, 0.3) is 0 Å². The summed E-state index contributed by atoms with van der Waals surface area (Å²) >= 11 is 0. The van der Waals surface area contributed by atoms with Gasteiger partial charge in [-0.1, -0.05) is 72.8 Å². The fourth-order valence-electron chi connectivity index (χ4n) is 4.26. The van der Waals surface area contributed by atoms with Gasteiger partial charge in [0.2, 0.25) is 10.0 Å². The van der Waals surface area contributed by atoms with E-state index in [9.17, 15) is 13.5 Å². The predicted octanol–water partition coefficient (Wildman–Crippen LogP) is 4.51. The van der Waals surface area contributed by atoms with Crippen molar-refractivity contribution >= 4 is 16.0 Å². The highest BCUT2D eigenvalue weighted by molar-refractivity contribution is 7.90. The molecule has 7 nitrogen and oxygen atoms in total. The zero-order valence-electron chi connectivity index (χ0n) is 19.8. The number of ether oxygens (including phenoxy) is 2. The monoisotopic (exact) mass is 494 g/mol. The quantitative estimate of drug-likeness (QED) is 0.480. The minimum absolute atomic E-state index is 0.0787. The molecule has 3 aromatic rings. The van der Waals surface area contributed by atoms with Crippen LogP contribution in [0.4, 0.5) is 0 Å². The number of rotatable bonds is 8. The van der Waals surface area contributed by atoms with Gasteiger partial charge in [0, 0.05) is 6.61 Å². The van der Waals surface area contributed by atoms with E-state index in [2.05, 4.69) is 9.71 Å². The molecule has 2 N–H and O–H groups in total. The number of hydrogen-bond donors (Lipinski definition) is 2. The van der Waals surface area contributed by atoms with E-state index in [1.165, 1.54) is 0 Å². The standard InChI is InChI=1S/C27H30N2O5S/c1-27(2)25(22-14-9-15-23(18-22)33-19-20-10-5-3-6-11-20)35(31,32)29-26(34-27)28-24(16-17-30)21-12-7-4-8-13-21/h3-15,18,24-25,30H,16-17,19H2,1-2H3,(H,28,29). The molecule has 0 amide bonds. The molecule has 1 fully saturated rings. The molecule has 0 saturated carbocycles. The molecule has 4 rings (SSSR count). The maximum absolute atomic E-state index is 13.4. The van der Waals surface area contributed by atoms with Crippen LogP contribution < -0.4 is 9.46 Å². The highest BCUT2D eigenvalue weighted by Crippen LogP contribution is 2.40. The minimum atomic E-state index is -3.88. The van der Waals surface area contributed by atoms with Gasteiger partial charge in [-0.05, 0) is 49.1 Å². The summed E-state index contributed by atoms with van der Waals surface area (Å²) in [5.74, 6) is 0.573. The van der Waals surface area contributed by atoms with Gasteiger partial charge in [0.15, 0.2) is 0 Å². The third-order valence-electron chi connectivity index (χ3n) is 5.80. The van der Waals surface area contributed by atoms with Crippen molar-refractivity contribution in [3.05, 3.63) is 102 Å². The Kier molecular flexibility index (Phi) is 7.42. The Hall–Kier alpha value is -3.36. The van der Waals surface area contributed by atoms with Crippen LogP contribution in [0.5, 0.6) is 5.75 Å². The highest BCUT2D eigenvalue weighted by atomic mass is 32.2. The average Bonchev–Trinajstić information content (AvgIpc) is 2.82. The van der Waals surface area contributed by atoms with Gasteiger partial charge >= 0.3 is 0 Å². The van der Waals surface area contributed by atoms with Crippen molar-refractivity contribution in [1.82, 2.24) is 4.72 Å². The molecule has 2 atom stereocenters. The summed E-state index contributed by atoms with van der Waals surface area (Å²) in [5, 5.41) is 8.52. The predicted molar refractivity (Wildman–Crippen MR) is 135 cm³/mol. The first-order valence-corrected chi connectivity index (χ1v) is 13.0. The van der Waals surface area contributed by atoms with E-state index in [1.54, 1.807) is 38.1 Å². The van der Waals surface area contributed by atoms with Gasteiger partial charge in [-0.15, -0.1) is 0 Å². The van der Waals surface area contributed by atoms with Crippen LogP contribution in [0.3, 0.4) is 0 Å². The van der Waals surface area contributed by atoms with E-state index >= 15 is 0 Å². The van der Waals surface area contributed by atoms with Crippen molar-refractivity contribution in [3.8, 4) is 5.75 Å². The van der Waals surface area contributed by atoms with Crippen LogP contribution >= 0.6 is 0 Å². The number of benzene rings is 3. The number of sulfonamides is 1. The summed E-state index contributed by atoms with van der Waals surface area (Å²) in [4.78, 5) is 4.51. The van der Waals surface area contributed by atoms with Gasteiger partial charge in [-0.3, -0.25) is 0 Å². The van der Waals surface area contributed by atoms with Crippen LogP contribution in [-0.4, -0.2) is 31.8 Å². The molecule has 0 spiro atoms. The van der Waals surface area contributed by atoms with Crippen LogP contribution in [0.1, 0.15) is 48.3 Å². The zero-order valence-corrected chi connectivity index (χ0v) is 20.6. The van der Waals surface area contributed by atoms with Gasteiger partial charge in [0.25, 0.3) is 6.02 Å². The molecule has 1 aliphatic heterocycles. The Morgan fingerprint density at radius 3 is 2.37 bits per heavy atom. The summed E-state index contributed by atoms with van der Waals surface area (Å²) < 4.78 is 41.3. The van der Waals surface area contributed by atoms with Crippen LogP contribution in [-0.2, 0) is 21.4 Å². The summed E-state index contributed by atoms with van der Waals surface area (Å²) in [5.41, 5.74) is 1.33. The van der Waals surface area contributed by atoms with E-state index < -0.39 is 26.9 Å². The number of aliphatic imine (C=N–C) groups is 1. The summed E-state index contributed by atoms with van der Waals surface area (Å²) in [6, 6.07) is 25.7. The molecule has 0 radical (unpaired) electrons. The first kappa shape index (κ1) is 24.8. The lowest BCUT2D eigenvalue weighted by atomic mass is 9.97. The highest BCUT2D eigenvalue weighted by Gasteiger charge is 2.48. The van der Waals surface area contributed by atoms with E-state index in [4.69, 9.17) is 9.47 Å². The SMILES string of the molecule is CC1(C)OC(=NC(CCO)c2ccccc2)NS(=O)(=O)C1c1cccc(OCc2ccccc2)c1. The zero-order chi connectivity index (χ0) is 24.9. The second-order valence-corrected chi connectivity index (χ2v) is 10.7. The molecule has 1 heterocycles. The number of nitrogens with one attached hydrogen (secondary N) is 1. The van der Waals surface area contributed by atoms with Gasteiger partial charge in [-0.25, -0.2) is 18.1 Å². The maximum atomic E-state index is 13.4. The normalized spacial score (nSPS) is 20.4. The fourth-order valence-corrected chi connectivity index (χ4v) is 6.02. The molecular formula is C27H30N2O5S. The Morgan fingerprint density at radius 1 is 1.03 bits per heavy atom. The third kappa shape index (κ3) is 6.01. The molecule has 2 unspecified atom stereocenters. The van der Waals surface area contributed by atoms with E-state index in [0.717, 1.165) is 11.1 Å². The number of nitrogens with zero attached hydrogens (tertiary/aromatic N) is 1. The van der Waals surface area contributed by atoms with Gasteiger partial charge in [0.1, 0.15) is 23.2 Å². The molecule has 0 bridgehead atoms. The lowest BCUT2D eigenvalue weighted by Crippen LogP contribution is -2.53. The van der Waals surface area contributed by atoms with Crippen LogP contribution in [0.15, 0.2) is 89.9 Å². The second-order valence-electron chi connectivity index (χ2n) is 8.95. The summed E-state index contributed by atoms with van der Waals surface area (Å²) in [6.07, 6.45) is 0.337. The molecule has 8 heteroatoms. The van der Waals surface area contributed by atoms with Crippen LogP contribution in [0.2, 0.25) is 0 Å². The number of aliphatic hydroxyl groups is 1. The smallest absolute Gasteiger partial charge is 0.299 e. The molecule has 0 aliphatic carbocycles. The van der Waals surface area contributed by atoms with Crippen molar-refractivity contribution in [3.63, 3.8) is 0 Å². The lowest BCUT2D eigenvalue weighted by molar-refractivity contribution is 0.0758. The number of aliphatic hydroxyl groups excluding tert-OH is 1.